The van der Waals surface area contributed by atoms with Crippen LogP contribution in [0.15, 0.2) is 18.2 Å². The number of ether oxygens (including phenoxy) is 2. The van der Waals surface area contributed by atoms with Gasteiger partial charge in [0.25, 0.3) is 0 Å². The zero-order valence-corrected chi connectivity index (χ0v) is 11.3. The number of carbonyl (C=O) groups is 1. The van der Waals surface area contributed by atoms with E-state index in [2.05, 4.69) is 6.07 Å². The Morgan fingerprint density at radius 1 is 1.00 bits per heavy atom. The van der Waals surface area contributed by atoms with Gasteiger partial charge < -0.3 is 14.3 Å². The second-order valence-corrected chi connectivity index (χ2v) is 4.31. The van der Waals surface area contributed by atoms with Crippen LogP contribution in [-0.4, -0.2) is 20.5 Å². The van der Waals surface area contributed by atoms with Crippen molar-refractivity contribution in [1.29, 1.82) is 0 Å². The predicted octanol–water partition coefficient (Wildman–Crippen LogP) is 3.40. The first-order chi connectivity index (χ1) is 8.81. The van der Waals surface area contributed by atoms with Crippen LogP contribution in [-0.2, 0) is 11.2 Å². The van der Waals surface area contributed by atoms with Crippen LogP contribution in [0.25, 0.3) is 0 Å². The normalized spacial score (nSPS) is 10.1. The number of unbranched alkanes of at least 4 members (excludes halogenated alkanes) is 4. The molecular formula is C15H22O3. The van der Waals surface area contributed by atoms with Gasteiger partial charge in [0, 0.05) is 6.42 Å². The SMILES string of the molecule is COc1ccc(CCCCCCC=O)cc1OC. The lowest BCUT2D eigenvalue weighted by molar-refractivity contribution is -0.107. The Hall–Kier alpha value is -1.51. The van der Waals surface area contributed by atoms with Crippen LogP contribution in [0.5, 0.6) is 11.5 Å². The molecule has 0 aromatic heterocycles. The number of benzene rings is 1. The number of aldehydes is 1. The molecule has 1 rings (SSSR count). The minimum absolute atomic E-state index is 0.691. The predicted molar refractivity (Wildman–Crippen MR) is 72.4 cm³/mol. The van der Waals surface area contributed by atoms with Crippen LogP contribution in [0.1, 0.15) is 37.7 Å². The molecule has 18 heavy (non-hydrogen) atoms. The molecule has 0 unspecified atom stereocenters. The van der Waals surface area contributed by atoms with Crippen LogP contribution in [0.3, 0.4) is 0 Å². The van der Waals surface area contributed by atoms with Gasteiger partial charge >= 0.3 is 0 Å². The Morgan fingerprint density at radius 2 is 1.72 bits per heavy atom. The van der Waals surface area contributed by atoms with E-state index in [1.807, 2.05) is 12.1 Å². The van der Waals surface area contributed by atoms with Gasteiger partial charge in [-0.2, -0.15) is 0 Å². The second kappa shape index (κ2) is 8.56. The van der Waals surface area contributed by atoms with Gasteiger partial charge in [-0.3, -0.25) is 0 Å². The van der Waals surface area contributed by atoms with Crippen LogP contribution in [0.4, 0.5) is 0 Å². The number of hydrogen-bond acceptors (Lipinski definition) is 3. The van der Waals surface area contributed by atoms with E-state index in [4.69, 9.17) is 9.47 Å². The minimum atomic E-state index is 0.691. The first-order valence-electron chi connectivity index (χ1n) is 6.46. The first kappa shape index (κ1) is 14.6. The van der Waals surface area contributed by atoms with Crippen LogP contribution >= 0.6 is 0 Å². The van der Waals surface area contributed by atoms with Crippen LogP contribution in [0.2, 0.25) is 0 Å². The van der Waals surface area contributed by atoms with E-state index in [1.54, 1.807) is 14.2 Å². The molecule has 3 nitrogen and oxygen atoms in total. The van der Waals surface area contributed by atoms with Gasteiger partial charge in [0.15, 0.2) is 11.5 Å². The average molecular weight is 250 g/mol. The van der Waals surface area contributed by atoms with Crippen molar-refractivity contribution in [3.63, 3.8) is 0 Å². The van der Waals surface area contributed by atoms with E-state index >= 15 is 0 Å². The Morgan fingerprint density at radius 3 is 2.39 bits per heavy atom. The molecule has 0 N–H and O–H groups in total. The van der Waals surface area contributed by atoms with Crippen molar-refractivity contribution in [1.82, 2.24) is 0 Å². The minimum Gasteiger partial charge on any atom is -0.493 e. The molecule has 0 spiro atoms. The Balaban J connectivity index is 2.36. The number of methoxy groups -OCH3 is 2. The summed E-state index contributed by atoms with van der Waals surface area (Å²) in [6.07, 6.45) is 7.18. The molecule has 1 aromatic rings. The summed E-state index contributed by atoms with van der Waals surface area (Å²) < 4.78 is 10.5. The highest BCUT2D eigenvalue weighted by Gasteiger charge is 2.04. The largest absolute Gasteiger partial charge is 0.493 e. The summed E-state index contributed by atoms with van der Waals surface area (Å²) in [6.45, 7) is 0. The molecule has 0 radical (unpaired) electrons. The molecule has 0 bridgehead atoms. The zero-order chi connectivity index (χ0) is 13.2. The monoisotopic (exact) mass is 250 g/mol. The van der Waals surface area contributed by atoms with E-state index in [0.29, 0.717) is 6.42 Å². The van der Waals surface area contributed by atoms with E-state index in [9.17, 15) is 4.79 Å². The molecule has 0 saturated carbocycles. The molecule has 0 amide bonds. The van der Waals surface area contributed by atoms with Crippen molar-refractivity contribution >= 4 is 6.29 Å². The third-order valence-electron chi connectivity index (χ3n) is 2.99. The fraction of sp³-hybridized carbons (Fsp3) is 0.533. The standard InChI is InChI=1S/C15H22O3/c1-17-14-10-9-13(12-15(14)18-2)8-6-4-3-5-7-11-16/h9-12H,3-8H2,1-2H3. The Labute approximate surface area is 109 Å². The molecule has 0 heterocycles. The van der Waals surface area contributed by atoms with Crippen LogP contribution < -0.4 is 9.47 Å². The first-order valence-corrected chi connectivity index (χ1v) is 6.46. The van der Waals surface area contributed by atoms with E-state index in [1.165, 1.54) is 12.0 Å². The lowest BCUT2D eigenvalue weighted by Gasteiger charge is -2.09. The van der Waals surface area contributed by atoms with Gasteiger partial charge in [-0.1, -0.05) is 18.9 Å². The van der Waals surface area contributed by atoms with Crippen molar-refractivity contribution in [3.05, 3.63) is 23.8 Å². The molecule has 0 aliphatic rings. The molecule has 0 aliphatic carbocycles. The maximum atomic E-state index is 10.2. The van der Waals surface area contributed by atoms with E-state index in [-0.39, 0.29) is 0 Å². The second-order valence-electron chi connectivity index (χ2n) is 4.31. The molecule has 0 saturated heterocycles. The number of aryl methyl sites for hydroxylation is 1. The summed E-state index contributed by atoms with van der Waals surface area (Å²) >= 11 is 0. The van der Waals surface area contributed by atoms with E-state index < -0.39 is 0 Å². The van der Waals surface area contributed by atoms with Gasteiger partial charge in [-0.05, 0) is 37.0 Å². The lowest BCUT2D eigenvalue weighted by atomic mass is 10.1. The molecule has 1 aromatic carbocycles. The maximum Gasteiger partial charge on any atom is 0.160 e. The van der Waals surface area contributed by atoms with Crippen molar-refractivity contribution in [2.75, 3.05) is 14.2 Å². The highest BCUT2D eigenvalue weighted by Crippen LogP contribution is 2.28. The van der Waals surface area contributed by atoms with Crippen molar-refractivity contribution in [3.8, 4) is 11.5 Å². The van der Waals surface area contributed by atoms with Crippen molar-refractivity contribution in [2.45, 2.75) is 38.5 Å². The number of carbonyl (C=O) groups excluding carboxylic acids is 1. The number of rotatable bonds is 9. The van der Waals surface area contributed by atoms with Gasteiger partial charge in [0.05, 0.1) is 14.2 Å². The highest BCUT2D eigenvalue weighted by atomic mass is 16.5. The van der Waals surface area contributed by atoms with Crippen molar-refractivity contribution in [2.24, 2.45) is 0 Å². The van der Waals surface area contributed by atoms with Gasteiger partial charge in [-0.15, -0.1) is 0 Å². The molecular weight excluding hydrogens is 228 g/mol. The molecule has 0 fully saturated rings. The summed E-state index contributed by atoms with van der Waals surface area (Å²) in [4.78, 5) is 10.2. The lowest BCUT2D eigenvalue weighted by Crippen LogP contribution is -1.93. The van der Waals surface area contributed by atoms with E-state index in [0.717, 1.165) is 43.5 Å². The zero-order valence-electron chi connectivity index (χ0n) is 11.3. The van der Waals surface area contributed by atoms with Gasteiger partial charge in [0.1, 0.15) is 6.29 Å². The quantitative estimate of drug-likeness (QED) is 0.498. The fourth-order valence-corrected chi connectivity index (χ4v) is 1.95. The summed E-state index contributed by atoms with van der Waals surface area (Å²) in [5, 5.41) is 0. The third kappa shape index (κ3) is 4.78. The van der Waals surface area contributed by atoms with Gasteiger partial charge in [0.2, 0.25) is 0 Å². The summed E-state index contributed by atoms with van der Waals surface area (Å²) in [6, 6.07) is 6.05. The van der Waals surface area contributed by atoms with Gasteiger partial charge in [-0.25, -0.2) is 0 Å². The number of hydrogen-bond donors (Lipinski definition) is 0. The topological polar surface area (TPSA) is 35.5 Å². The highest BCUT2D eigenvalue weighted by molar-refractivity contribution is 5.48. The Kier molecular flexibility index (Phi) is 6.92. The third-order valence-corrected chi connectivity index (χ3v) is 2.99. The smallest absolute Gasteiger partial charge is 0.160 e. The molecule has 0 aliphatic heterocycles. The summed E-state index contributed by atoms with van der Waals surface area (Å²) in [5.74, 6) is 1.56. The molecule has 0 atom stereocenters. The molecule has 3 heteroatoms. The maximum absolute atomic E-state index is 10.2. The summed E-state index contributed by atoms with van der Waals surface area (Å²) in [7, 11) is 3.30. The fourth-order valence-electron chi connectivity index (χ4n) is 1.95. The average Bonchev–Trinajstić information content (AvgIpc) is 2.42. The molecule has 100 valence electrons. The van der Waals surface area contributed by atoms with Crippen LogP contribution in [0, 0.1) is 0 Å². The van der Waals surface area contributed by atoms with Crippen molar-refractivity contribution < 1.29 is 14.3 Å². The summed E-state index contributed by atoms with van der Waals surface area (Å²) in [5.41, 5.74) is 1.27. The Bertz CT molecular complexity index is 361.